The third-order valence-electron chi connectivity index (χ3n) is 4.31. The van der Waals surface area contributed by atoms with Crippen molar-refractivity contribution < 1.29 is 29.2 Å². The van der Waals surface area contributed by atoms with Crippen molar-refractivity contribution in [2.45, 2.75) is 13.5 Å². The van der Waals surface area contributed by atoms with Gasteiger partial charge in [-0.2, -0.15) is 9.97 Å². The van der Waals surface area contributed by atoms with E-state index in [2.05, 4.69) is 29.9 Å². The summed E-state index contributed by atoms with van der Waals surface area (Å²) in [5.41, 5.74) is 11.2. The minimum atomic E-state index is -0.396. The summed E-state index contributed by atoms with van der Waals surface area (Å²) < 4.78 is 23.1. The quantitative estimate of drug-likeness (QED) is 0.0836. The molecule has 0 aliphatic rings. The molecule has 18 heteroatoms. The molecule has 8 N–H and O–H groups in total. The van der Waals surface area contributed by atoms with Crippen LogP contribution in [0.4, 0.5) is 11.9 Å². The van der Waals surface area contributed by atoms with Crippen molar-refractivity contribution in [3.8, 4) is 0 Å². The Bertz CT molecular complexity index is 1260. The van der Waals surface area contributed by atoms with E-state index >= 15 is 0 Å². The van der Waals surface area contributed by atoms with Gasteiger partial charge in [0.15, 0.2) is 22.3 Å². The van der Waals surface area contributed by atoms with Gasteiger partial charge in [0.25, 0.3) is 11.1 Å². The van der Waals surface area contributed by atoms with Crippen molar-refractivity contribution in [3.05, 3.63) is 33.4 Å². The van der Waals surface area contributed by atoms with Crippen molar-refractivity contribution in [1.29, 1.82) is 0 Å². The maximum absolute atomic E-state index is 11.5. The Morgan fingerprint density at radius 1 is 0.778 bits per heavy atom. The minimum absolute atomic E-state index is 0.0192. The molecule has 0 atom stereocenters. The number of nitrogens with one attached hydrogen (secondary N) is 2. The van der Waals surface area contributed by atoms with Gasteiger partial charge in [-0.1, -0.05) is 0 Å². The summed E-state index contributed by atoms with van der Waals surface area (Å²) in [7, 11) is 0. The Labute approximate surface area is 201 Å². The predicted molar refractivity (Wildman–Crippen MR) is 123 cm³/mol. The van der Waals surface area contributed by atoms with Crippen LogP contribution in [0.25, 0.3) is 22.3 Å². The highest BCUT2D eigenvalue weighted by atomic mass is 16.7. The summed E-state index contributed by atoms with van der Waals surface area (Å²) in [6.45, 7) is 0.696. The highest BCUT2D eigenvalue weighted by Gasteiger charge is 2.10. The molecule has 0 amide bonds. The standard InChI is InChI=1S/2C9H13N5O4/c10-9-12-7-6(8(16)13-9)11-3-14(7)4-17-1-2-18-5-15;10-9-12-7-6(8(16)13-9)11-3-14(7)4-18-5-17-2-1-15/h2*3,15H,1-2,4-5H2,(H3,10,12,13,16). The van der Waals surface area contributed by atoms with Gasteiger partial charge in [0, 0.05) is 0 Å². The lowest BCUT2D eigenvalue weighted by Gasteiger charge is -2.05. The lowest BCUT2D eigenvalue weighted by Crippen LogP contribution is -2.13. The second-order valence-electron chi connectivity index (χ2n) is 6.83. The van der Waals surface area contributed by atoms with Gasteiger partial charge in [-0.05, 0) is 0 Å². The zero-order valence-electron chi connectivity index (χ0n) is 19.0. The number of anilines is 2. The summed E-state index contributed by atoms with van der Waals surface area (Å²) >= 11 is 0. The van der Waals surface area contributed by atoms with E-state index in [0.717, 1.165) is 0 Å². The largest absolute Gasteiger partial charge is 0.394 e. The first-order valence-electron chi connectivity index (χ1n) is 10.4. The molecule has 18 nitrogen and oxygen atoms in total. The van der Waals surface area contributed by atoms with Gasteiger partial charge in [-0.15, -0.1) is 0 Å². The molecular weight excluding hydrogens is 484 g/mol. The van der Waals surface area contributed by atoms with Crippen LogP contribution < -0.4 is 22.6 Å². The fraction of sp³-hybridized carbons (Fsp3) is 0.444. The number of imidazole rings is 2. The number of ether oxygens (including phenoxy) is 4. The number of nitrogens with two attached hydrogens (primary N) is 2. The Kier molecular flexibility index (Phi) is 9.80. The minimum Gasteiger partial charge on any atom is -0.394 e. The molecule has 4 heterocycles. The summed E-state index contributed by atoms with van der Waals surface area (Å²) in [5.74, 6) is 0.0450. The Morgan fingerprint density at radius 3 is 1.83 bits per heavy atom. The molecule has 0 aromatic carbocycles. The SMILES string of the molecule is Nc1nc2c(ncn2COCCOCO)c(=O)[nH]1.Nc1nc2c(ncn2COCOCCO)c(=O)[nH]1. The van der Waals surface area contributed by atoms with Crippen LogP contribution in [-0.4, -0.2) is 89.3 Å². The van der Waals surface area contributed by atoms with E-state index in [4.69, 9.17) is 40.6 Å². The topological polar surface area (TPSA) is 257 Å². The molecule has 0 radical (unpaired) electrons. The summed E-state index contributed by atoms with van der Waals surface area (Å²) in [6.07, 6.45) is 2.87. The first-order valence-corrected chi connectivity index (χ1v) is 10.4. The second-order valence-corrected chi connectivity index (χ2v) is 6.83. The van der Waals surface area contributed by atoms with Crippen LogP contribution in [0.15, 0.2) is 22.2 Å². The molecular formula is C18H26N10O8. The molecule has 36 heavy (non-hydrogen) atoms. The molecule has 4 aromatic heterocycles. The number of nitrogens with zero attached hydrogens (tertiary/aromatic N) is 6. The number of rotatable bonds is 12. The number of fused-ring (bicyclic) bond motifs is 2. The van der Waals surface area contributed by atoms with Crippen molar-refractivity contribution >= 4 is 34.2 Å². The number of H-pyrrole nitrogens is 2. The van der Waals surface area contributed by atoms with E-state index in [1.54, 1.807) is 4.57 Å². The number of nitrogen functional groups attached to an aromatic ring is 2. The van der Waals surface area contributed by atoms with Crippen molar-refractivity contribution in [2.24, 2.45) is 0 Å². The van der Waals surface area contributed by atoms with Gasteiger partial charge in [0.2, 0.25) is 11.9 Å². The number of hydrogen-bond acceptors (Lipinski definition) is 14. The van der Waals surface area contributed by atoms with Crippen LogP contribution in [0.1, 0.15) is 0 Å². The number of aromatic nitrogens is 8. The fourth-order valence-electron chi connectivity index (χ4n) is 2.79. The molecule has 0 aliphatic carbocycles. The first kappa shape index (κ1) is 26.7. The van der Waals surface area contributed by atoms with Gasteiger partial charge < -0.3 is 40.6 Å². The van der Waals surface area contributed by atoms with Crippen LogP contribution >= 0.6 is 0 Å². The highest BCUT2D eigenvalue weighted by molar-refractivity contribution is 5.71. The van der Waals surface area contributed by atoms with E-state index in [-0.39, 0.29) is 75.4 Å². The van der Waals surface area contributed by atoms with Crippen molar-refractivity contribution in [3.63, 3.8) is 0 Å². The van der Waals surface area contributed by atoms with Crippen LogP contribution in [0.2, 0.25) is 0 Å². The van der Waals surface area contributed by atoms with E-state index in [1.165, 1.54) is 17.2 Å². The lowest BCUT2D eigenvalue weighted by molar-refractivity contribution is -0.0845. The third kappa shape index (κ3) is 7.04. The second kappa shape index (κ2) is 13.2. The van der Waals surface area contributed by atoms with Crippen LogP contribution in [0.3, 0.4) is 0 Å². The first-order chi connectivity index (χ1) is 17.4. The molecule has 0 unspecified atom stereocenters. The maximum atomic E-state index is 11.5. The van der Waals surface area contributed by atoms with Gasteiger partial charge in [-0.3, -0.25) is 28.7 Å². The van der Waals surface area contributed by atoms with Gasteiger partial charge >= 0.3 is 0 Å². The number of aliphatic hydroxyl groups is 2. The van der Waals surface area contributed by atoms with E-state index in [9.17, 15) is 9.59 Å². The van der Waals surface area contributed by atoms with Crippen molar-refractivity contribution in [2.75, 3.05) is 51.5 Å². The molecule has 0 spiro atoms. The maximum Gasteiger partial charge on any atom is 0.280 e. The van der Waals surface area contributed by atoms with Crippen LogP contribution in [-0.2, 0) is 32.4 Å². The van der Waals surface area contributed by atoms with Crippen LogP contribution in [0.5, 0.6) is 0 Å². The van der Waals surface area contributed by atoms with Crippen molar-refractivity contribution in [1.82, 2.24) is 39.0 Å². The summed E-state index contributed by atoms with van der Waals surface area (Å²) in [4.78, 5) is 43.5. The number of hydrogen-bond donors (Lipinski definition) is 6. The average Bonchev–Trinajstić information content (AvgIpc) is 3.44. The van der Waals surface area contributed by atoms with E-state index in [0.29, 0.717) is 17.9 Å². The lowest BCUT2D eigenvalue weighted by atomic mass is 10.5. The molecule has 4 aromatic rings. The summed E-state index contributed by atoms with van der Waals surface area (Å²) in [5, 5.41) is 16.9. The summed E-state index contributed by atoms with van der Waals surface area (Å²) in [6, 6.07) is 0. The normalized spacial score (nSPS) is 11.2. The van der Waals surface area contributed by atoms with Gasteiger partial charge in [0.1, 0.15) is 27.0 Å². The zero-order valence-corrected chi connectivity index (χ0v) is 19.0. The van der Waals surface area contributed by atoms with E-state index < -0.39 is 5.56 Å². The van der Waals surface area contributed by atoms with Gasteiger partial charge in [-0.25, -0.2) is 9.97 Å². The zero-order chi connectivity index (χ0) is 25.9. The molecule has 0 saturated carbocycles. The molecule has 196 valence electrons. The molecule has 0 aliphatic heterocycles. The highest BCUT2D eigenvalue weighted by Crippen LogP contribution is 2.07. The fourth-order valence-corrected chi connectivity index (χ4v) is 2.79. The smallest absolute Gasteiger partial charge is 0.280 e. The molecule has 0 bridgehead atoms. The van der Waals surface area contributed by atoms with Crippen LogP contribution in [0, 0.1) is 0 Å². The Hall–Kier alpha value is -3.94. The molecule has 0 fully saturated rings. The van der Waals surface area contributed by atoms with Gasteiger partial charge in [0.05, 0.1) is 39.1 Å². The monoisotopic (exact) mass is 510 g/mol. The number of aromatic amines is 2. The molecule has 0 saturated heterocycles. The molecule has 4 rings (SSSR count). The van der Waals surface area contributed by atoms with E-state index in [1.807, 2.05) is 0 Å². The number of aliphatic hydroxyl groups excluding tert-OH is 2. The predicted octanol–water partition coefficient (Wildman–Crippen LogP) is -2.72. The Morgan fingerprint density at radius 2 is 1.31 bits per heavy atom. The average molecular weight is 510 g/mol. The Balaban J connectivity index is 0.000000201. The third-order valence-corrected chi connectivity index (χ3v) is 4.31.